The van der Waals surface area contributed by atoms with E-state index in [1.54, 1.807) is 12.1 Å². The van der Waals surface area contributed by atoms with Crippen LogP contribution in [-0.4, -0.2) is 0 Å². The third-order valence-electron chi connectivity index (χ3n) is 4.50. The summed E-state index contributed by atoms with van der Waals surface area (Å²) in [7, 11) is 0. The molecule has 0 heterocycles. The van der Waals surface area contributed by atoms with Crippen LogP contribution in [0.4, 0.5) is 35.1 Å². The van der Waals surface area contributed by atoms with Crippen molar-refractivity contribution in [2.24, 2.45) is 0 Å². The van der Waals surface area contributed by atoms with E-state index in [1.165, 1.54) is 48.5 Å². The molecule has 0 aliphatic rings. The van der Waals surface area contributed by atoms with E-state index in [9.17, 15) is 35.1 Å². The molecule has 0 N–H and O–H groups in total. The van der Waals surface area contributed by atoms with Crippen LogP contribution in [0.1, 0.15) is 0 Å². The molecule has 0 saturated heterocycles. The van der Waals surface area contributed by atoms with Crippen LogP contribution in [0.2, 0.25) is 0 Å². The highest BCUT2D eigenvalue weighted by Crippen LogP contribution is 2.44. The molecule has 0 aliphatic heterocycles. The zero-order valence-electron chi connectivity index (χ0n) is 17.0. The minimum Gasteiger partial charge on any atom is -0.202 e. The normalized spacial score (nSPS) is 11.2. The van der Waals surface area contributed by atoms with Crippen molar-refractivity contribution in [1.29, 1.82) is 0 Å². The molecule has 11 heteroatoms. The Labute approximate surface area is 206 Å². The van der Waals surface area contributed by atoms with Crippen molar-refractivity contribution in [2.45, 2.75) is 29.4 Å². The molecule has 35 heavy (non-hydrogen) atoms. The van der Waals surface area contributed by atoms with Crippen LogP contribution in [-0.2, 0) is 0 Å². The summed E-state index contributed by atoms with van der Waals surface area (Å²) in [6, 6.07) is 15.1. The first-order valence-corrected chi connectivity index (χ1v) is 12.0. The molecule has 0 saturated carbocycles. The van der Waals surface area contributed by atoms with Gasteiger partial charge in [-0.3, -0.25) is 0 Å². The Morgan fingerprint density at radius 1 is 0.314 bits per heavy atom. The maximum Gasteiger partial charge on any atom is 0.177 e. The number of rotatable bonds is 6. The van der Waals surface area contributed by atoms with Crippen molar-refractivity contribution in [3.05, 3.63) is 107 Å². The molecule has 0 atom stereocenters. The van der Waals surface area contributed by atoms with E-state index in [1.807, 2.05) is 0 Å². The SMILES string of the molecule is Fc1c(F)c(Sc2c(F)c(F)c(Sc3ccccc3)c(F)c2F)c(F)c(F)c1Sc1ccccc1. The second kappa shape index (κ2) is 10.5. The molecule has 0 bridgehead atoms. The quantitative estimate of drug-likeness (QED) is 0.175. The van der Waals surface area contributed by atoms with Crippen molar-refractivity contribution in [3.8, 4) is 0 Å². The summed E-state index contributed by atoms with van der Waals surface area (Å²) < 4.78 is 117. The number of hydrogen-bond donors (Lipinski definition) is 0. The summed E-state index contributed by atoms with van der Waals surface area (Å²) >= 11 is 0.278. The Balaban J connectivity index is 1.75. The van der Waals surface area contributed by atoms with Crippen LogP contribution in [0, 0.1) is 46.5 Å². The predicted molar refractivity (Wildman–Crippen MR) is 118 cm³/mol. The van der Waals surface area contributed by atoms with Gasteiger partial charge in [0, 0.05) is 9.79 Å². The maximum absolute atomic E-state index is 14.7. The molecule has 180 valence electrons. The van der Waals surface area contributed by atoms with Gasteiger partial charge in [0.2, 0.25) is 0 Å². The van der Waals surface area contributed by atoms with Gasteiger partial charge in [-0.1, -0.05) is 71.7 Å². The first-order valence-electron chi connectivity index (χ1n) is 9.56. The minimum atomic E-state index is -1.96. The molecular weight excluding hydrogens is 536 g/mol. The molecule has 0 fully saturated rings. The minimum absolute atomic E-state index is 0.261. The van der Waals surface area contributed by atoms with Gasteiger partial charge in [0.25, 0.3) is 0 Å². The lowest BCUT2D eigenvalue weighted by Crippen LogP contribution is -2.05. The number of hydrogen-bond acceptors (Lipinski definition) is 3. The van der Waals surface area contributed by atoms with E-state index in [0.717, 1.165) is 0 Å². The van der Waals surface area contributed by atoms with Crippen molar-refractivity contribution < 1.29 is 35.1 Å². The van der Waals surface area contributed by atoms with Crippen molar-refractivity contribution in [2.75, 3.05) is 0 Å². The van der Waals surface area contributed by atoms with Crippen LogP contribution in [0.25, 0.3) is 0 Å². The van der Waals surface area contributed by atoms with Gasteiger partial charge in [-0.05, 0) is 24.3 Å². The summed E-state index contributed by atoms with van der Waals surface area (Å²) in [5.41, 5.74) is 0. The van der Waals surface area contributed by atoms with E-state index in [-0.39, 0.29) is 9.79 Å². The fourth-order valence-corrected chi connectivity index (χ4v) is 5.55. The summed E-state index contributed by atoms with van der Waals surface area (Å²) in [4.78, 5) is -4.50. The highest BCUT2D eigenvalue weighted by Gasteiger charge is 2.31. The summed E-state index contributed by atoms with van der Waals surface area (Å²) in [6.07, 6.45) is 0. The monoisotopic (exact) mass is 546 g/mol. The average molecular weight is 547 g/mol. The van der Waals surface area contributed by atoms with Gasteiger partial charge in [-0.2, -0.15) is 0 Å². The highest BCUT2D eigenvalue weighted by atomic mass is 32.2. The molecule has 0 nitrogen and oxygen atoms in total. The Hall–Kier alpha value is -2.63. The first kappa shape index (κ1) is 25.5. The zero-order valence-corrected chi connectivity index (χ0v) is 19.5. The molecule has 4 aromatic carbocycles. The van der Waals surface area contributed by atoms with Crippen molar-refractivity contribution >= 4 is 35.3 Å². The molecule has 4 rings (SSSR count). The highest BCUT2D eigenvalue weighted by molar-refractivity contribution is 8.00. The Morgan fingerprint density at radius 3 is 0.800 bits per heavy atom. The molecule has 0 aliphatic carbocycles. The van der Waals surface area contributed by atoms with Crippen molar-refractivity contribution in [3.63, 3.8) is 0 Å². The Morgan fingerprint density at radius 2 is 0.543 bits per heavy atom. The van der Waals surface area contributed by atoms with Gasteiger partial charge < -0.3 is 0 Å². The van der Waals surface area contributed by atoms with Gasteiger partial charge in [-0.15, -0.1) is 0 Å². The number of halogens is 8. The van der Waals surface area contributed by atoms with Gasteiger partial charge >= 0.3 is 0 Å². The number of benzene rings is 4. The summed E-state index contributed by atoms with van der Waals surface area (Å²) in [5.74, 6) is -15.1. The molecule has 0 aromatic heterocycles. The van der Waals surface area contributed by atoms with Crippen LogP contribution < -0.4 is 0 Å². The molecule has 0 amide bonds. The van der Waals surface area contributed by atoms with Gasteiger partial charge in [0.05, 0.1) is 19.6 Å². The van der Waals surface area contributed by atoms with Crippen LogP contribution in [0.15, 0.2) is 90.0 Å². The van der Waals surface area contributed by atoms with E-state index >= 15 is 0 Å². The summed E-state index contributed by atoms with van der Waals surface area (Å²) in [5, 5.41) is 0. The van der Waals surface area contributed by atoms with Crippen LogP contribution >= 0.6 is 35.3 Å². The largest absolute Gasteiger partial charge is 0.202 e. The molecule has 0 unspecified atom stereocenters. The van der Waals surface area contributed by atoms with E-state index in [2.05, 4.69) is 0 Å². The van der Waals surface area contributed by atoms with Gasteiger partial charge in [0.1, 0.15) is 0 Å². The van der Waals surface area contributed by atoms with Gasteiger partial charge in [-0.25, -0.2) is 35.1 Å². The van der Waals surface area contributed by atoms with Gasteiger partial charge in [0.15, 0.2) is 46.5 Å². The standard InChI is InChI=1S/C24H10F8S3/c25-13-17(29)23(18(30)14(26)21(13)33-11-7-3-1-4-8-11)35-24-19(31)15(27)22(16(28)20(24)32)34-12-9-5-2-6-10-12/h1-10H. The third-order valence-corrected chi connectivity index (χ3v) is 7.76. The maximum atomic E-state index is 14.7. The third kappa shape index (κ3) is 5.03. The fraction of sp³-hybridized carbons (Fsp3) is 0. The fourth-order valence-electron chi connectivity index (χ4n) is 2.86. The first-order chi connectivity index (χ1) is 16.7. The molecule has 0 spiro atoms. The second-order valence-electron chi connectivity index (χ2n) is 6.76. The predicted octanol–water partition coefficient (Wildman–Crippen LogP) is 9.25. The summed E-state index contributed by atoms with van der Waals surface area (Å²) in [6.45, 7) is 0. The average Bonchev–Trinajstić information content (AvgIpc) is 2.87. The Kier molecular flexibility index (Phi) is 7.67. The lowest BCUT2D eigenvalue weighted by atomic mass is 10.3. The lowest BCUT2D eigenvalue weighted by Gasteiger charge is -2.14. The lowest BCUT2D eigenvalue weighted by molar-refractivity contribution is 0.394. The van der Waals surface area contributed by atoms with Crippen LogP contribution in [0.5, 0.6) is 0 Å². The van der Waals surface area contributed by atoms with Crippen molar-refractivity contribution in [1.82, 2.24) is 0 Å². The molecule has 0 radical (unpaired) electrons. The Bertz CT molecular complexity index is 1230. The molecular formula is C24H10F8S3. The zero-order chi connectivity index (χ0) is 25.3. The van der Waals surface area contributed by atoms with E-state index in [4.69, 9.17) is 0 Å². The van der Waals surface area contributed by atoms with E-state index < -0.39 is 77.9 Å². The van der Waals surface area contributed by atoms with E-state index in [0.29, 0.717) is 23.5 Å². The molecule has 4 aromatic rings. The smallest absolute Gasteiger partial charge is 0.177 e. The van der Waals surface area contributed by atoms with Crippen LogP contribution in [0.3, 0.4) is 0 Å². The second-order valence-corrected chi connectivity index (χ2v) is 9.95. The topological polar surface area (TPSA) is 0 Å².